The van der Waals surface area contributed by atoms with Crippen molar-refractivity contribution in [3.8, 4) is 0 Å². The molecular weight excluding hydrogens is 180 g/mol. The van der Waals surface area contributed by atoms with Gasteiger partial charge in [0.25, 0.3) is 0 Å². The van der Waals surface area contributed by atoms with Crippen molar-refractivity contribution in [3.05, 3.63) is 30.3 Å². The fourth-order valence-electron chi connectivity index (χ4n) is 1.39. The fourth-order valence-corrected chi connectivity index (χ4v) is 1.39. The summed E-state index contributed by atoms with van der Waals surface area (Å²) in [4.78, 5) is 23.9. The van der Waals surface area contributed by atoms with Gasteiger partial charge in [-0.25, -0.2) is 5.32 Å². The van der Waals surface area contributed by atoms with E-state index in [-0.39, 0.29) is 0 Å². The monoisotopic (exact) mass is 189 g/mol. The first-order valence-corrected chi connectivity index (χ1v) is 4.37. The molecule has 1 heterocycles. The topological polar surface area (TPSA) is 51.5 Å². The van der Waals surface area contributed by atoms with Gasteiger partial charge in [0.05, 0.1) is 6.54 Å². The summed E-state index contributed by atoms with van der Waals surface area (Å²) in [7, 11) is 0. The first kappa shape index (κ1) is 8.74. The van der Waals surface area contributed by atoms with Crippen LogP contribution in [-0.4, -0.2) is 24.9 Å². The second-order valence-corrected chi connectivity index (χ2v) is 2.98. The van der Waals surface area contributed by atoms with Crippen LogP contribution in [0.3, 0.4) is 0 Å². The summed E-state index contributed by atoms with van der Waals surface area (Å²) < 4.78 is 0. The van der Waals surface area contributed by atoms with E-state index in [2.05, 4.69) is 5.32 Å². The average molecular weight is 189 g/mol. The molecule has 0 atom stereocenters. The molecule has 1 fully saturated rings. The fraction of sp³-hybridized carbons (Fsp3) is 0.200. The first-order valence-electron chi connectivity index (χ1n) is 4.37. The van der Waals surface area contributed by atoms with Crippen LogP contribution in [0.2, 0.25) is 0 Å². The van der Waals surface area contributed by atoms with Crippen molar-refractivity contribution in [1.29, 1.82) is 0 Å². The van der Waals surface area contributed by atoms with Crippen LogP contribution in [0, 0.1) is 0 Å². The Morgan fingerprint density at radius 3 is 2.57 bits per heavy atom. The summed E-state index contributed by atoms with van der Waals surface area (Å²) >= 11 is 0. The molecule has 0 unspecified atom stereocenters. The zero-order chi connectivity index (χ0) is 9.97. The number of hydrogen-bond acceptors (Lipinski definition) is 2. The number of carbonyl (C=O) groups is 2. The van der Waals surface area contributed by atoms with Gasteiger partial charge in [0, 0.05) is 12.2 Å². The standard InChI is InChI=1S/C10H9N2O2/c13-9-10(14)12(7-6-11-9)8-4-2-1-3-5-8/h1-5H,6-7H2. The van der Waals surface area contributed by atoms with Gasteiger partial charge in [0.2, 0.25) is 0 Å². The third-order valence-corrected chi connectivity index (χ3v) is 2.07. The number of para-hydroxylation sites is 1. The van der Waals surface area contributed by atoms with Gasteiger partial charge < -0.3 is 4.90 Å². The second kappa shape index (κ2) is 3.49. The Labute approximate surface area is 81.5 Å². The van der Waals surface area contributed by atoms with Gasteiger partial charge in [0.15, 0.2) is 0 Å². The molecule has 2 rings (SSSR count). The maximum atomic E-state index is 11.4. The van der Waals surface area contributed by atoms with Crippen LogP contribution in [0.25, 0.3) is 0 Å². The number of carbonyl (C=O) groups excluding carboxylic acids is 2. The lowest BCUT2D eigenvalue weighted by molar-refractivity contribution is -0.138. The van der Waals surface area contributed by atoms with Gasteiger partial charge in [0.1, 0.15) is 0 Å². The minimum Gasteiger partial charge on any atom is -0.302 e. The zero-order valence-electron chi connectivity index (χ0n) is 7.51. The lowest BCUT2D eigenvalue weighted by Gasteiger charge is -2.24. The molecular formula is C10H9N2O2. The molecule has 4 nitrogen and oxygen atoms in total. The zero-order valence-corrected chi connectivity index (χ0v) is 7.51. The van der Waals surface area contributed by atoms with Gasteiger partial charge in [-0.05, 0) is 12.1 Å². The predicted molar refractivity (Wildman–Crippen MR) is 50.8 cm³/mol. The molecule has 1 aromatic rings. The summed E-state index contributed by atoms with van der Waals surface area (Å²) in [5, 5.41) is 3.56. The van der Waals surface area contributed by atoms with Crippen molar-refractivity contribution in [2.75, 3.05) is 18.0 Å². The SMILES string of the molecule is O=C1[N]CCN(c2ccccc2)C1=O. The third kappa shape index (κ3) is 1.46. The van der Waals surface area contributed by atoms with E-state index in [9.17, 15) is 9.59 Å². The Morgan fingerprint density at radius 1 is 1.14 bits per heavy atom. The molecule has 1 aromatic carbocycles. The Balaban J connectivity index is 2.26. The molecule has 0 aromatic heterocycles. The summed E-state index contributed by atoms with van der Waals surface area (Å²) in [5.74, 6) is -1.19. The van der Waals surface area contributed by atoms with Gasteiger partial charge >= 0.3 is 11.8 Å². The number of benzene rings is 1. The molecule has 1 saturated heterocycles. The van der Waals surface area contributed by atoms with Gasteiger partial charge in [-0.15, -0.1) is 0 Å². The van der Waals surface area contributed by atoms with Crippen LogP contribution in [0.5, 0.6) is 0 Å². The van der Waals surface area contributed by atoms with Crippen molar-refractivity contribution < 1.29 is 9.59 Å². The number of anilines is 1. The highest BCUT2D eigenvalue weighted by Crippen LogP contribution is 2.14. The average Bonchev–Trinajstić information content (AvgIpc) is 2.23. The summed E-state index contributed by atoms with van der Waals surface area (Å²) in [6, 6.07) is 9.13. The molecule has 0 spiro atoms. The summed E-state index contributed by atoms with van der Waals surface area (Å²) in [6.07, 6.45) is 0. The van der Waals surface area contributed by atoms with E-state index < -0.39 is 11.8 Å². The highest BCUT2D eigenvalue weighted by atomic mass is 16.2. The molecule has 1 aliphatic rings. The highest BCUT2D eigenvalue weighted by molar-refractivity contribution is 6.40. The van der Waals surface area contributed by atoms with Gasteiger partial charge in [-0.1, -0.05) is 18.2 Å². The van der Waals surface area contributed by atoms with Crippen LogP contribution in [0.4, 0.5) is 5.69 Å². The van der Waals surface area contributed by atoms with Crippen molar-refractivity contribution in [3.63, 3.8) is 0 Å². The van der Waals surface area contributed by atoms with Crippen LogP contribution in [0.15, 0.2) is 30.3 Å². The highest BCUT2D eigenvalue weighted by Gasteiger charge is 2.28. The molecule has 0 saturated carbocycles. The van der Waals surface area contributed by atoms with E-state index in [4.69, 9.17) is 0 Å². The van der Waals surface area contributed by atoms with E-state index in [0.29, 0.717) is 13.1 Å². The summed E-state index contributed by atoms with van der Waals surface area (Å²) in [5.41, 5.74) is 0.751. The maximum absolute atomic E-state index is 11.4. The molecule has 4 heteroatoms. The Morgan fingerprint density at radius 2 is 1.86 bits per heavy atom. The number of hydrogen-bond donors (Lipinski definition) is 0. The van der Waals surface area contributed by atoms with Crippen LogP contribution in [0.1, 0.15) is 0 Å². The lowest BCUT2D eigenvalue weighted by Crippen LogP contribution is -2.49. The van der Waals surface area contributed by atoms with Crippen molar-refractivity contribution in [2.24, 2.45) is 0 Å². The molecule has 0 N–H and O–H groups in total. The normalized spacial score (nSPS) is 16.7. The van der Waals surface area contributed by atoms with Gasteiger partial charge in [-0.3, -0.25) is 9.59 Å². The molecule has 0 aliphatic carbocycles. The van der Waals surface area contributed by atoms with Crippen LogP contribution < -0.4 is 10.2 Å². The Kier molecular flexibility index (Phi) is 2.18. The minimum absolute atomic E-state index is 0.388. The van der Waals surface area contributed by atoms with E-state index in [1.807, 2.05) is 18.2 Å². The number of piperazine rings is 1. The van der Waals surface area contributed by atoms with Crippen LogP contribution >= 0.6 is 0 Å². The van der Waals surface area contributed by atoms with Crippen molar-refractivity contribution >= 4 is 17.5 Å². The van der Waals surface area contributed by atoms with Crippen LogP contribution in [-0.2, 0) is 9.59 Å². The van der Waals surface area contributed by atoms with Crippen molar-refractivity contribution in [1.82, 2.24) is 5.32 Å². The van der Waals surface area contributed by atoms with E-state index in [1.165, 1.54) is 4.90 Å². The lowest BCUT2D eigenvalue weighted by atomic mass is 10.2. The largest absolute Gasteiger partial charge is 0.331 e. The van der Waals surface area contributed by atoms with E-state index in [1.54, 1.807) is 12.1 Å². The number of rotatable bonds is 1. The smallest absolute Gasteiger partial charge is 0.302 e. The predicted octanol–water partition coefficient (Wildman–Crippen LogP) is 0.164. The van der Waals surface area contributed by atoms with Gasteiger partial charge in [-0.2, -0.15) is 0 Å². The second-order valence-electron chi connectivity index (χ2n) is 2.98. The minimum atomic E-state index is -0.653. The molecule has 2 amide bonds. The van der Waals surface area contributed by atoms with E-state index in [0.717, 1.165) is 5.69 Å². The Bertz CT molecular complexity index is 362. The number of nitrogens with zero attached hydrogens (tertiary/aromatic N) is 2. The molecule has 1 aliphatic heterocycles. The quantitative estimate of drug-likeness (QED) is 0.591. The maximum Gasteiger partial charge on any atom is 0.331 e. The first-order chi connectivity index (χ1) is 6.79. The van der Waals surface area contributed by atoms with Crippen molar-refractivity contribution in [2.45, 2.75) is 0 Å². The Hall–Kier alpha value is -1.84. The third-order valence-electron chi connectivity index (χ3n) is 2.07. The molecule has 14 heavy (non-hydrogen) atoms. The molecule has 71 valence electrons. The summed E-state index contributed by atoms with van der Waals surface area (Å²) in [6.45, 7) is 0.869. The molecule has 1 radical (unpaired) electrons. The number of amides is 2. The van der Waals surface area contributed by atoms with E-state index >= 15 is 0 Å². The molecule has 0 bridgehead atoms.